The summed E-state index contributed by atoms with van der Waals surface area (Å²) in [7, 11) is 0. The Hall–Kier alpha value is 0.310. The summed E-state index contributed by atoms with van der Waals surface area (Å²) in [5, 5.41) is 3.65. The maximum atomic E-state index is 3.65. The van der Waals surface area contributed by atoms with Crippen LogP contribution in [0.4, 0.5) is 0 Å². The van der Waals surface area contributed by atoms with E-state index in [1.807, 2.05) is 0 Å². The first-order chi connectivity index (χ1) is 7.06. The Morgan fingerprint density at radius 1 is 1.00 bits per heavy atom. The Kier molecular flexibility index (Phi) is 9.73. The van der Waals surface area contributed by atoms with Gasteiger partial charge in [0.05, 0.1) is 0 Å². The van der Waals surface area contributed by atoms with Crippen molar-refractivity contribution in [3.63, 3.8) is 0 Å². The summed E-state index contributed by atoms with van der Waals surface area (Å²) in [6.45, 7) is 12.6. The molecule has 15 heavy (non-hydrogen) atoms. The maximum Gasteiger partial charge on any atom is 0.0160 e. The zero-order valence-corrected chi connectivity index (χ0v) is 12.0. The third-order valence-corrected chi connectivity index (χ3v) is 3.75. The smallest absolute Gasteiger partial charge is 0.0160 e. The van der Waals surface area contributed by atoms with E-state index in [4.69, 9.17) is 0 Å². The molecule has 0 bridgehead atoms. The van der Waals surface area contributed by atoms with Gasteiger partial charge in [0, 0.05) is 11.8 Å². The van der Waals surface area contributed by atoms with Gasteiger partial charge in [-0.15, -0.1) is 0 Å². The molecule has 0 spiro atoms. The van der Waals surface area contributed by atoms with Crippen LogP contribution in [0, 0.1) is 11.8 Å². The fourth-order valence-corrected chi connectivity index (χ4v) is 2.72. The lowest BCUT2D eigenvalue weighted by Gasteiger charge is -2.20. The number of hydrogen-bond donors (Lipinski definition) is 1. The Labute approximate surface area is 101 Å². The van der Waals surface area contributed by atoms with Crippen LogP contribution >= 0.6 is 11.8 Å². The largest absolute Gasteiger partial charge is 0.313 e. The second-order valence-corrected chi connectivity index (χ2v) is 6.29. The number of rotatable bonds is 9. The Bertz CT molecular complexity index is 134. The number of hydrogen-bond acceptors (Lipinski definition) is 2. The summed E-state index contributed by atoms with van der Waals surface area (Å²) in [4.78, 5) is 0. The van der Waals surface area contributed by atoms with Crippen molar-refractivity contribution in [2.45, 2.75) is 53.5 Å². The van der Waals surface area contributed by atoms with Crippen molar-refractivity contribution in [2.24, 2.45) is 11.8 Å². The summed E-state index contributed by atoms with van der Waals surface area (Å²) < 4.78 is 0. The highest BCUT2D eigenvalue weighted by Crippen LogP contribution is 2.13. The molecule has 92 valence electrons. The molecular formula is C13H29NS. The van der Waals surface area contributed by atoms with Gasteiger partial charge in [0.1, 0.15) is 0 Å². The average molecular weight is 231 g/mol. The van der Waals surface area contributed by atoms with Crippen molar-refractivity contribution in [1.29, 1.82) is 0 Å². The zero-order valence-electron chi connectivity index (χ0n) is 11.2. The third-order valence-electron chi connectivity index (χ3n) is 2.21. The van der Waals surface area contributed by atoms with Crippen LogP contribution in [0.3, 0.4) is 0 Å². The van der Waals surface area contributed by atoms with Gasteiger partial charge < -0.3 is 5.32 Å². The van der Waals surface area contributed by atoms with Crippen molar-refractivity contribution in [1.82, 2.24) is 5.32 Å². The third kappa shape index (κ3) is 10.6. The van der Waals surface area contributed by atoms with Gasteiger partial charge in [-0.2, -0.15) is 11.8 Å². The molecule has 1 N–H and O–H groups in total. The number of nitrogens with one attached hydrogen (secondary N) is 1. The van der Waals surface area contributed by atoms with Crippen molar-refractivity contribution in [3.8, 4) is 0 Å². The summed E-state index contributed by atoms with van der Waals surface area (Å²) in [6, 6.07) is 0.716. The lowest BCUT2D eigenvalue weighted by Crippen LogP contribution is -2.33. The second kappa shape index (κ2) is 9.53. The van der Waals surface area contributed by atoms with Crippen LogP contribution in [0.5, 0.6) is 0 Å². The Morgan fingerprint density at radius 2 is 1.67 bits per heavy atom. The zero-order chi connectivity index (χ0) is 11.7. The van der Waals surface area contributed by atoms with Gasteiger partial charge in [0.25, 0.3) is 0 Å². The highest BCUT2D eigenvalue weighted by molar-refractivity contribution is 7.99. The van der Waals surface area contributed by atoms with Gasteiger partial charge in [0.2, 0.25) is 0 Å². The molecule has 0 aromatic heterocycles. The molecular weight excluding hydrogens is 202 g/mol. The van der Waals surface area contributed by atoms with Gasteiger partial charge in [0.15, 0.2) is 0 Å². The molecule has 0 saturated carbocycles. The highest BCUT2D eigenvalue weighted by Gasteiger charge is 2.10. The molecule has 0 aliphatic rings. The van der Waals surface area contributed by atoms with Crippen molar-refractivity contribution >= 4 is 11.8 Å². The first-order valence-corrected chi connectivity index (χ1v) is 7.52. The van der Waals surface area contributed by atoms with E-state index in [0.29, 0.717) is 6.04 Å². The second-order valence-electron chi connectivity index (χ2n) is 5.21. The minimum absolute atomic E-state index is 0.716. The molecule has 0 aromatic carbocycles. The van der Waals surface area contributed by atoms with E-state index in [-0.39, 0.29) is 0 Å². The summed E-state index contributed by atoms with van der Waals surface area (Å²) >= 11 is 2.10. The fraction of sp³-hybridized carbons (Fsp3) is 1.00. The predicted octanol–water partition coefficient (Wildman–Crippen LogP) is 3.79. The minimum atomic E-state index is 0.716. The van der Waals surface area contributed by atoms with Gasteiger partial charge in [-0.05, 0) is 37.0 Å². The number of thioether (sulfide) groups is 1. The van der Waals surface area contributed by atoms with E-state index < -0.39 is 0 Å². The van der Waals surface area contributed by atoms with E-state index >= 15 is 0 Å². The summed E-state index contributed by atoms with van der Waals surface area (Å²) in [5.41, 5.74) is 0. The lowest BCUT2D eigenvalue weighted by atomic mass is 10.1. The molecule has 0 radical (unpaired) electrons. The molecule has 0 heterocycles. The van der Waals surface area contributed by atoms with Crippen LogP contribution in [0.25, 0.3) is 0 Å². The first kappa shape index (κ1) is 15.3. The molecule has 0 saturated heterocycles. The molecule has 2 heteroatoms. The van der Waals surface area contributed by atoms with Crippen molar-refractivity contribution < 1.29 is 0 Å². The Morgan fingerprint density at radius 3 is 2.13 bits per heavy atom. The summed E-state index contributed by atoms with van der Waals surface area (Å²) in [5.74, 6) is 4.19. The van der Waals surface area contributed by atoms with Crippen molar-refractivity contribution in [3.05, 3.63) is 0 Å². The topological polar surface area (TPSA) is 12.0 Å². The van der Waals surface area contributed by atoms with E-state index in [1.54, 1.807) is 0 Å². The average Bonchev–Trinajstić information content (AvgIpc) is 2.12. The molecule has 1 unspecified atom stereocenters. The van der Waals surface area contributed by atoms with Crippen LogP contribution in [0.15, 0.2) is 0 Å². The molecule has 0 aromatic rings. The molecule has 0 aliphatic carbocycles. The van der Waals surface area contributed by atoms with Crippen molar-refractivity contribution in [2.75, 3.05) is 18.1 Å². The van der Waals surface area contributed by atoms with Gasteiger partial charge >= 0.3 is 0 Å². The summed E-state index contributed by atoms with van der Waals surface area (Å²) in [6.07, 6.45) is 2.55. The lowest BCUT2D eigenvalue weighted by molar-refractivity contribution is 0.447. The Balaban J connectivity index is 3.69. The van der Waals surface area contributed by atoms with Crippen LogP contribution in [0.2, 0.25) is 0 Å². The SMILES string of the molecule is CCCNC(CSCC(C)C)CC(C)C. The van der Waals surface area contributed by atoms with Gasteiger partial charge in [-0.1, -0.05) is 34.6 Å². The normalized spacial score (nSPS) is 13.8. The van der Waals surface area contributed by atoms with E-state index in [2.05, 4.69) is 51.7 Å². The van der Waals surface area contributed by atoms with Crippen LogP contribution in [0.1, 0.15) is 47.5 Å². The minimum Gasteiger partial charge on any atom is -0.313 e. The standard InChI is InChI=1S/C13H29NS/c1-6-7-14-13(8-11(2)3)10-15-9-12(4)5/h11-14H,6-10H2,1-5H3. The molecule has 0 amide bonds. The van der Waals surface area contributed by atoms with E-state index in [1.165, 1.54) is 30.9 Å². The fourth-order valence-electron chi connectivity index (χ4n) is 1.57. The molecule has 1 nitrogen and oxygen atoms in total. The predicted molar refractivity (Wildman–Crippen MR) is 73.7 cm³/mol. The quantitative estimate of drug-likeness (QED) is 0.648. The van der Waals surface area contributed by atoms with E-state index in [9.17, 15) is 0 Å². The van der Waals surface area contributed by atoms with Gasteiger partial charge in [-0.25, -0.2) is 0 Å². The highest BCUT2D eigenvalue weighted by atomic mass is 32.2. The van der Waals surface area contributed by atoms with Crippen LogP contribution in [-0.2, 0) is 0 Å². The molecule has 0 fully saturated rings. The first-order valence-electron chi connectivity index (χ1n) is 6.37. The molecule has 0 rings (SSSR count). The molecule has 1 atom stereocenters. The van der Waals surface area contributed by atoms with Crippen LogP contribution < -0.4 is 5.32 Å². The molecule has 0 aliphatic heterocycles. The van der Waals surface area contributed by atoms with E-state index in [0.717, 1.165) is 11.8 Å². The van der Waals surface area contributed by atoms with Gasteiger partial charge in [-0.3, -0.25) is 0 Å². The van der Waals surface area contributed by atoms with Crippen LogP contribution in [-0.4, -0.2) is 24.1 Å². The maximum absolute atomic E-state index is 3.65. The monoisotopic (exact) mass is 231 g/mol.